The van der Waals surface area contributed by atoms with Gasteiger partial charge in [-0.15, -0.1) is 0 Å². The maximum atomic E-state index is 15.3. The number of carboxylic acids is 1. The van der Waals surface area contributed by atoms with Crippen LogP contribution in [0.4, 0.5) is 15.8 Å². The van der Waals surface area contributed by atoms with Crippen LogP contribution in [-0.4, -0.2) is 44.8 Å². The lowest BCUT2D eigenvalue weighted by Gasteiger charge is -2.50. The smallest absolute Gasteiger partial charge is 0.335 e. The number of carboxylic acid groups (broad SMARTS) is 1. The average Bonchev–Trinajstić information content (AvgIpc) is 3.51. The number of hydrogen-bond acceptors (Lipinski definition) is 7. The van der Waals surface area contributed by atoms with Crippen LogP contribution in [0, 0.1) is 36.4 Å². The van der Waals surface area contributed by atoms with Crippen LogP contribution in [0.15, 0.2) is 109 Å². The number of nitrogens with one attached hydrogen (secondary N) is 1. The minimum absolute atomic E-state index is 0.0393. The molecule has 0 radical (unpaired) electrons. The number of rotatable bonds is 6. The molecule has 1 saturated carbocycles. The second kappa shape index (κ2) is 11.8. The molecular weight excluding hydrogens is 653 g/mol. The van der Waals surface area contributed by atoms with Crippen LogP contribution in [0.2, 0.25) is 0 Å². The Labute approximate surface area is 291 Å². The summed E-state index contributed by atoms with van der Waals surface area (Å²) in [6, 6.07) is 25.6. The summed E-state index contributed by atoms with van der Waals surface area (Å²) in [4.78, 5) is 71.0. The molecule has 0 bridgehead atoms. The first-order valence-corrected chi connectivity index (χ1v) is 16.7. The molecule has 8 rings (SSSR count). The first-order valence-electron chi connectivity index (χ1n) is 16.7. The summed E-state index contributed by atoms with van der Waals surface area (Å²) < 4.78 is 15.3. The van der Waals surface area contributed by atoms with Gasteiger partial charge in [0.25, 0.3) is 11.8 Å². The van der Waals surface area contributed by atoms with Gasteiger partial charge >= 0.3 is 5.97 Å². The summed E-state index contributed by atoms with van der Waals surface area (Å²) >= 11 is 0. The third kappa shape index (κ3) is 4.71. The number of hydrazine groups is 1. The SMILES string of the molecule is Cc1ccc(NN2C(=O)[C@@H]3C[C@@H]4C(=CC[C@@H]5C(=O)N(c6cccc(C(=O)O)c6)C(=O)[C@@H]54)[C@H](c4ccc(O)c(F)c4)[C@]3(c3ccccc3)C2=O)cc1. The van der Waals surface area contributed by atoms with Crippen LogP contribution in [0.3, 0.4) is 0 Å². The number of allylic oxidation sites excluding steroid dienone is 2. The quantitative estimate of drug-likeness (QED) is 0.173. The largest absolute Gasteiger partial charge is 0.505 e. The zero-order valence-electron chi connectivity index (χ0n) is 27.3. The molecule has 0 aromatic heterocycles. The predicted octanol–water partition coefficient (Wildman–Crippen LogP) is 5.73. The second-order valence-corrected chi connectivity index (χ2v) is 13.7. The number of phenols is 1. The fourth-order valence-corrected chi connectivity index (χ4v) is 8.86. The number of phenolic OH excluding ortho intramolecular Hbond substituents is 1. The number of aromatic carboxylic acids is 1. The zero-order valence-corrected chi connectivity index (χ0v) is 27.3. The van der Waals surface area contributed by atoms with Gasteiger partial charge in [-0.2, -0.15) is 5.01 Å². The molecule has 10 nitrogen and oxygen atoms in total. The van der Waals surface area contributed by atoms with Gasteiger partial charge in [0.05, 0.1) is 40.1 Å². The van der Waals surface area contributed by atoms with Crippen molar-refractivity contribution in [3.63, 3.8) is 0 Å². The van der Waals surface area contributed by atoms with E-state index in [1.165, 1.54) is 36.4 Å². The van der Waals surface area contributed by atoms with E-state index in [1.54, 1.807) is 42.5 Å². The number of carbonyl (C=O) groups excluding carboxylic acids is 4. The van der Waals surface area contributed by atoms with Gasteiger partial charge < -0.3 is 10.2 Å². The van der Waals surface area contributed by atoms with Crippen molar-refractivity contribution >= 4 is 41.0 Å². The highest BCUT2D eigenvalue weighted by Gasteiger charge is 2.70. The van der Waals surface area contributed by atoms with Crippen molar-refractivity contribution < 1.29 is 38.6 Å². The van der Waals surface area contributed by atoms with Crippen molar-refractivity contribution in [1.82, 2.24) is 5.01 Å². The lowest BCUT2D eigenvalue weighted by atomic mass is 9.49. The zero-order chi connectivity index (χ0) is 35.8. The molecule has 0 spiro atoms. The number of anilines is 2. The molecule has 2 heterocycles. The van der Waals surface area contributed by atoms with E-state index in [0.717, 1.165) is 21.5 Å². The minimum atomic E-state index is -1.59. The van der Waals surface area contributed by atoms with Gasteiger partial charge in [0.1, 0.15) is 0 Å². The number of amides is 4. The molecule has 3 N–H and O–H groups in total. The monoisotopic (exact) mass is 685 g/mol. The first-order chi connectivity index (χ1) is 24.5. The van der Waals surface area contributed by atoms with E-state index in [2.05, 4.69) is 5.43 Å². The van der Waals surface area contributed by atoms with E-state index in [4.69, 9.17) is 0 Å². The summed E-state index contributed by atoms with van der Waals surface area (Å²) in [7, 11) is 0. The number of hydrogen-bond donors (Lipinski definition) is 3. The van der Waals surface area contributed by atoms with Gasteiger partial charge in [-0.25, -0.2) is 9.18 Å². The highest BCUT2D eigenvalue weighted by molar-refractivity contribution is 6.23. The molecular formula is C40H32FN3O7. The molecule has 4 aromatic carbocycles. The van der Waals surface area contributed by atoms with Crippen molar-refractivity contribution in [3.05, 3.63) is 137 Å². The van der Waals surface area contributed by atoms with Crippen LogP contribution in [0.1, 0.15) is 45.8 Å². The summed E-state index contributed by atoms with van der Waals surface area (Å²) in [6.45, 7) is 1.91. The Kier molecular flexibility index (Phi) is 7.41. The van der Waals surface area contributed by atoms with Gasteiger partial charge in [-0.1, -0.05) is 71.8 Å². The van der Waals surface area contributed by atoms with Crippen LogP contribution < -0.4 is 10.3 Å². The number of fused-ring (bicyclic) bond motifs is 4. The number of aryl methyl sites for hydroxylation is 1. The van der Waals surface area contributed by atoms with Crippen LogP contribution in [0.5, 0.6) is 5.75 Å². The molecule has 2 saturated heterocycles. The maximum absolute atomic E-state index is 15.3. The highest BCUT2D eigenvalue weighted by atomic mass is 19.1. The Hall–Kier alpha value is -6.10. The molecule has 11 heteroatoms. The van der Waals surface area contributed by atoms with Crippen LogP contribution >= 0.6 is 0 Å². The first kappa shape index (κ1) is 32.1. The summed E-state index contributed by atoms with van der Waals surface area (Å²) in [5.41, 5.74) is 4.45. The molecule has 4 aromatic rings. The van der Waals surface area contributed by atoms with Gasteiger partial charge in [-0.3, -0.25) is 29.5 Å². The lowest BCUT2D eigenvalue weighted by Crippen LogP contribution is -2.53. The Bertz CT molecular complexity index is 2190. The van der Waals surface area contributed by atoms with E-state index >= 15 is 9.18 Å². The Morgan fingerprint density at radius 1 is 0.863 bits per heavy atom. The van der Waals surface area contributed by atoms with Gasteiger partial charge in [-0.05, 0) is 79.3 Å². The normalized spacial score (nSPS) is 26.8. The van der Waals surface area contributed by atoms with Gasteiger partial charge in [0.15, 0.2) is 11.6 Å². The molecule has 4 amide bonds. The third-order valence-corrected chi connectivity index (χ3v) is 11.0. The number of nitrogens with zero attached hydrogens (tertiary/aromatic N) is 2. The molecule has 51 heavy (non-hydrogen) atoms. The molecule has 6 atom stereocenters. The summed E-state index contributed by atoms with van der Waals surface area (Å²) in [5.74, 6) is -9.22. The van der Waals surface area contributed by atoms with E-state index in [1.807, 2.05) is 25.1 Å². The van der Waals surface area contributed by atoms with Crippen LogP contribution in [-0.2, 0) is 24.6 Å². The summed E-state index contributed by atoms with van der Waals surface area (Å²) in [6.07, 6.45) is 2.02. The third-order valence-electron chi connectivity index (χ3n) is 11.0. The maximum Gasteiger partial charge on any atom is 0.335 e. The number of carbonyl (C=O) groups is 5. The fourth-order valence-electron chi connectivity index (χ4n) is 8.86. The van der Waals surface area contributed by atoms with Crippen molar-refractivity contribution in [3.8, 4) is 5.75 Å². The number of halogens is 1. The Morgan fingerprint density at radius 3 is 2.31 bits per heavy atom. The number of aromatic hydroxyl groups is 1. The fraction of sp³-hybridized carbons (Fsp3) is 0.225. The molecule has 2 aliphatic carbocycles. The van der Waals surface area contributed by atoms with E-state index in [9.17, 15) is 29.4 Å². The molecule has 4 aliphatic rings. The van der Waals surface area contributed by atoms with Crippen molar-refractivity contribution in [2.45, 2.75) is 31.1 Å². The summed E-state index contributed by atoms with van der Waals surface area (Å²) in [5, 5.41) is 20.8. The van der Waals surface area contributed by atoms with Gasteiger partial charge in [0.2, 0.25) is 11.8 Å². The molecule has 0 unspecified atom stereocenters. The van der Waals surface area contributed by atoms with E-state index in [0.29, 0.717) is 22.4 Å². The highest BCUT2D eigenvalue weighted by Crippen LogP contribution is 2.64. The van der Waals surface area contributed by atoms with Crippen molar-refractivity contribution in [1.29, 1.82) is 0 Å². The van der Waals surface area contributed by atoms with Crippen molar-refractivity contribution in [2.24, 2.45) is 23.7 Å². The molecule has 2 aliphatic heterocycles. The standard InChI is InChI=1S/C40H32FN3O7/c1-21-10-13-25(14-11-21)42-44-36(47)30-20-29-27(15-16-28-33(29)37(48)43(35(28)46)26-9-5-6-23(18-26)38(49)50)34(22-12-17-32(45)31(41)19-22)40(30,39(44)51)24-7-3-2-4-8-24/h2-15,17-19,28-30,33-34,42,45H,16,20H2,1H3,(H,49,50)/t28-,29+,30-,33-,34-,40+/m0/s1. The van der Waals surface area contributed by atoms with Gasteiger partial charge in [0, 0.05) is 5.92 Å². The van der Waals surface area contributed by atoms with Crippen molar-refractivity contribution in [2.75, 3.05) is 10.3 Å². The Balaban J connectivity index is 1.31. The van der Waals surface area contributed by atoms with E-state index < -0.39 is 76.2 Å². The molecule has 3 fully saturated rings. The van der Waals surface area contributed by atoms with E-state index in [-0.39, 0.29) is 24.1 Å². The molecule has 256 valence electrons. The topological polar surface area (TPSA) is 144 Å². The second-order valence-electron chi connectivity index (χ2n) is 13.7. The number of imide groups is 2. The van der Waals surface area contributed by atoms with Crippen LogP contribution in [0.25, 0.3) is 0 Å². The number of benzene rings is 4. The minimum Gasteiger partial charge on any atom is -0.505 e. The Morgan fingerprint density at radius 2 is 1.61 bits per heavy atom. The average molecular weight is 686 g/mol. The lowest BCUT2D eigenvalue weighted by molar-refractivity contribution is -0.138. The predicted molar refractivity (Wildman–Crippen MR) is 183 cm³/mol.